The number of Topliss-reactive ketones (excluding diaryl/α,β-unsaturated/α-hetero) is 2. The van der Waals surface area contributed by atoms with Crippen LogP contribution in [0.4, 0.5) is 93.0 Å². The number of hydrogen-bond acceptors (Lipinski definition) is 14. The molecule has 0 aromatic heterocycles. The minimum Gasteiger partial charge on any atom is -0.393 e. The van der Waals surface area contributed by atoms with Gasteiger partial charge in [0.15, 0.2) is 0 Å². The highest BCUT2D eigenvalue weighted by molar-refractivity contribution is 6.06. The Hall–Kier alpha value is -12.1. The second kappa shape index (κ2) is 39.7. The summed E-state index contributed by atoms with van der Waals surface area (Å²) in [6.07, 6.45) is 4.73. The highest BCUT2D eigenvalue weighted by atomic mass is 19.3. The van der Waals surface area contributed by atoms with E-state index in [1.807, 2.05) is 0 Å². The number of nitrogens with one attached hydrogen (secondary N) is 4. The van der Waals surface area contributed by atoms with E-state index in [-0.39, 0.29) is 140 Å². The Labute approximate surface area is 750 Å². The van der Waals surface area contributed by atoms with Crippen molar-refractivity contribution in [2.45, 2.75) is 202 Å². The minimum absolute atomic E-state index is 0.0398. The lowest BCUT2D eigenvalue weighted by Gasteiger charge is -2.51. The second-order valence-corrected chi connectivity index (χ2v) is 34.5. The van der Waals surface area contributed by atoms with Crippen molar-refractivity contribution in [1.82, 2.24) is 19.6 Å². The molecule has 8 saturated heterocycles. The van der Waals surface area contributed by atoms with Gasteiger partial charge in [0, 0.05) is 94.9 Å². The van der Waals surface area contributed by atoms with Gasteiger partial charge in [-0.2, -0.15) is 35.1 Å². The molecule has 700 valence electrons. The Bertz CT molecular complexity index is 5430. The maximum Gasteiger partial charge on any atom is 0.314 e. The van der Waals surface area contributed by atoms with Gasteiger partial charge in [-0.3, -0.25) is 28.8 Å². The van der Waals surface area contributed by atoms with E-state index in [1.54, 1.807) is 4.90 Å². The van der Waals surface area contributed by atoms with Crippen LogP contribution < -0.4 is 21.3 Å². The molecule has 0 aliphatic carbocycles. The molecule has 8 bridgehead atoms. The monoisotopic (exact) mass is 1850 g/mol. The number of aryl methyl sites for hydroxylation is 4. The molecule has 34 heteroatoms. The van der Waals surface area contributed by atoms with E-state index in [0.29, 0.717) is 66.5 Å². The second-order valence-electron chi connectivity index (χ2n) is 34.5. The first kappa shape index (κ1) is 97.4. The molecule has 8 aliphatic rings. The first-order valence-electron chi connectivity index (χ1n) is 42.8. The number of morpholine rings is 2. The maximum atomic E-state index is 15.5. The molecule has 8 aromatic carbocycles. The molecule has 2 unspecified atom stereocenters. The predicted octanol–water partition coefficient (Wildman–Crippen LogP) is 20.1. The van der Waals surface area contributed by atoms with E-state index < -0.39 is 175 Å². The van der Waals surface area contributed by atoms with Crippen LogP contribution in [0.25, 0.3) is 0 Å². The fourth-order valence-electron chi connectivity index (χ4n) is 18.5. The number of amides is 4. The summed E-state index contributed by atoms with van der Waals surface area (Å²) < 4.78 is 247. The molecule has 0 radical (unpaired) electrons. The molecule has 132 heavy (non-hydrogen) atoms. The van der Waals surface area contributed by atoms with Gasteiger partial charge in [0.1, 0.15) is 58.1 Å². The van der Waals surface area contributed by atoms with E-state index in [2.05, 4.69) is 47.6 Å². The molecular weight excluding hydrogens is 1750 g/mol. The third kappa shape index (κ3) is 21.2. The van der Waals surface area contributed by atoms with Crippen LogP contribution in [-0.2, 0) is 42.8 Å². The van der Waals surface area contributed by atoms with Crippen molar-refractivity contribution in [3.05, 3.63) is 308 Å². The number of piperidine rings is 6. The summed E-state index contributed by atoms with van der Waals surface area (Å²) in [4.78, 5) is 80.2. The topological polar surface area (TPSA) is 222 Å². The molecule has 16 rings (SSSR count). The molecule has 0 saturated carbocycles. The van der Waals surface area contributed by atoms with Gasteiger partial charge >= 0.3 is 23.7 Å². The van der Waals surface area contributed by atoms with Gasteiger partial charge in [0.25, 0.3) is 23.6 Å². The molecule has 18 nitrogen and oxygen atoms in total. The third-order valence-corrected chi connectivity index (χ3v) is 25.2. The molecule has 8 aromatic rings. The Balaban J connectivity index is 0.000000150. The van der Waals surface area contributed by atoms with Gasteiger partial charge in [0.05, 0.1) is 108 Å². The van der Waals surface area contributed by atoms with Crippen LogP contribution >= 0.6 is 0 Å². The summed E-state index contributed by atoms with van der Waals surface area (Å²) >= 11 is 0. The van der Waals surface area contributed by atoms with Crippen molar-refractivity contribution >= 4 is 57.9 Å². The Morgan fingerprint density at radius 1 is 0.318 bits per heavy atom. The number of nitrogens with zero attached hydrogens (tertiary/aromatic N) is 4. The number of fused-ring (bicyclic) bond motifs is 8. The summed E-state index contributed by atoms with van der Waals surface area (Å²) in [5, 5.41) is 30.1. The van der Waals surface area contributed by atoms with Gasteiger partial charge in [-0.05, 0) is 260 Å². The average Bonchev–Trinajstić information content (AvgIpc) is 0.768. The number of alkyl halides is 8. The van der Waals surface area contributed by atoms with Crippen LogP contribution in [0.2, 0.25) is 0 Å². The smallest absolute Gasteiger partial charge is 0.314 e. The highest BCUT2D eigenvalue weighted by Gasteiger charge is 2.53. The Morgan fingerprint density at radius 3 is 0.795 bits per heavy atom. The SMILES string of the molecule is C=C(N1[C@@H]2CCC[C@H]1CC(=O)C2)C(F)(F)c1cc(C(=O)Nc2ccc(F)c(C)c2)ccc1F.C=C(N1[C@@H]2CCC[C@H]1CC(O)C2)C(F)(F)c1cc(C(=O)Nc2ccc(F)c(C)c2)ccc1F.C=C(N1[C@@H]2COC[C@H]1CC(=O)C2)C(F)(F)c1cc(C(=O)Nc2ccc(F)c(C)c2)ccc1F.C=C(N1[C@@H]2COC[C@H]1CC(O)C2)C(F)(F)c1cc(C(=O)Nc2ccc(F)c(C)c2)ccc1F. The molecular formula is C98H96F16N8O10. The molecule has 4 amide bonds. The zero-order chi connectivity index (χ0) is 95.7. The molecule has 0 spiro atoms. The van der Waals surface area contributed by atoms with Gasteiger partial charge in [0.2, 0.25) is 0 Å². The number of rotatable bonds is 20. The summed E-state index contributed by atoms with van der Waals surface area (Å²) in [5.41, 5.74) is -4.53. The van der Waals surface area contributed by atoms with Gasteiger partial charge in [-0.25, -0.2) is 35.1 Å². The number of hydrogen-bond donors (Lipinski definition) is 6. The van der Waals surface area contributed by atoms with Crippen molar-refractivity contribution in [2.24, 2.45) is 0 Å². The minimum atomic E-state index is -3.83. The number of aliphatic hydroxyl groups is 2. The molecule has 6 N–H and O–H groups in total. The average molecular weight is 1850 g/mol. The van der Waals surface area contributed by atoms with Gasteiger partial charge in [-0.1, -0.05) is 26.3 Å². The van der Waals surface area contributed by atoms with E-state index in [9.17, 15) is 74.1 Å². The summed E-state index contributed by atoms with van der Waals surface area (Å²) in [6.45, 7) is 20.9. The first-order chi connectivity index (χ1) is 62.3. The lowest BCUT2D eigenvalue weighted by atomic mass is 9.81. The number of anilines is 4. The molecule has 8 aliphatic heterocycles. The molecule has 10 atom stereocenters. The van der Waals surface area contributed by atoms with Crippen LogP contribution in [-0.4, -0.2) is 152 Å². The fraction of sp³-hybridized carbons (Fsp3) is 0.367. The normalized spacial score (nSPS) is 21.6. The molecule has 8 fully saturated rings. The van der Waals surface area contributed by atoms with Crippen LogP contribution in [0.15, 0.2) is 195 Å². The zero-order valence-corrected chi connectivity index (χ0v) is 72.2. The van der Waals surface area contributed by atoms with E-state index in [4.69, 9.17) is 9.47 Å². The van der Waals surface area contributed by atoms with Gasteiger partial charge < -0.3 is 60.6 Å². The van der Waals surface area contributed by atoms with Gasteiger partial charge in [-0.15, -0.1) is 0 Å². The van der Waals surface area contributed by atoms with Crippen molar-refractivity contribution < 1.29 is 119 Å². The number of ether oxygens (including phenoxy) is 2. The number of carbonyl (C=O) groups excluding carboxylic acids is 6. The first-order valence-corrected chi connectivity index (χ1v) is 42.8. The quantitative estimate of drug-likeness (QED) is 0.0391. The summed E-state index contributed by atoms with van der Waals surface area (Å²) in [7, 11) is 0. The number of allylic oxidation sites excluding steroid dienone is 4. The summed E-state index contributed by atoms with van der Waals surface area (Å²) in [6, 6.07) is 23.1. The number of halogens is 16. The maximum absolute atomic E-state index is 15.5. The number of ketones is 2. The van der Waals surface area contributed by atoms with E-state index in [1.165, 1.54) is 115 Å². The Morgan fingerprint density at radius 2 is 0.530 bits per heavy atom. The number of aliphatic hydroxyl groups excluding tert-OH is 2. The largest absolute Gasteiger partial charge is 0.393 e. The van der Waals surface area contributed by atoms with Crippen molar-refractivity contribution in [2.75, 3.05) is 47.7 Å². The van der Waals surface area contributed by atoms with Crippen LogP contribution in [0, 0.1) is 74.2 Å². The van der Waals surface area contributed by atoms with Crippen molar-refractivity contribution in [1.29, 1.82) is 0 Å². The highest BCUT2D eigenvalue weighted by Crippen LogP contribution is 2.50. The fourth-order valence-corrected chi connectivity index (χ4v) is 18.5. The lowest BCUT2D eigenvalue weighted by molar-refractivity contribution is -0.137. The summed E-state index contributed by atoms with van der Waals surface area (Å²) in [5.74, 6) is -24.6. The lowest BCUT2D eigenvalue weighted by Crippen LogP contribution is -2.58. The number of benzene rings is 8. The number of carbonyl (C=O) groups is 6. The van der Waals surface area contributed by atoms with E-state index >= 15 is 35.1 Å². The van der Waals surface area contributed by atoms with Crippen molar-refractivity contribution in [3.63, 3.8) is 0 Å². The van der Waals surface area contributed by atoms with Crippen LogP contribution in [0.5, 0.6) is 0 Å². The zero-order valence-electron chi connectivity index (χ0n) is 72.2. The predicted molar refractivity (Wildman–Crippen MR) is 460 cm³/mol. The standard InChI is InChI=1S/C25H26F4N2O2.C25H24F4N2O2.C24H24F4N2O3.C24H22F4N2O3/c2*1-14-10-17(7-9-22(14)26)30-24(33)16-6-8-23(27)21(11-16)25(28,29)15(2)31-18-4-3-5-19(31)13-20(32)12-18;2*1-13-7-16(4-6-21(13)25)29-23(32)15-3-5-22(26)20(8-15)24(27,28)14(2)30-17-9-19(31)10-18(30)12-33-11-17/h6-11,18-20,32H,2-5,12-13H2,1H3,(H,30,33);6-11,18-19H,2-5,12-13H2,1H3,(H,30,33);3-8,17-19,31H,2,9-12H2,1H3,(H,29,32);3-8,17-18H,2,9-12H2,1H3,(H,29,32)/t18-,19+,20?;18-,19+;17-,18+,19?;17-,18+. The van der Waals surface area contributed by atoms with Crippen molar-refractivity contribution in [3.8, 4) is 0 Å². The van der Waals surface area contributed by atoms with Crippen LogP contribution in [0.3, 0.4) is 0 Å². The van der Waals surface area contributed by atoms with E-state index in [0.717, 1.165) is 85.6 Å². The van der Waals surface area contributed by atoms with Crippen LogP contribution in [0.1, 0.15) is 176 Å². The third-order valence-electron chi connectivity index (χ3n) is 25.2. The Kier molecular flexibility index (Phi) is 29.3. The molecule has 8 heterocycles.